The van der Waals surface area contributed by atoms with Crippen LogP contribution >= 0.6 is 0 Å². The van der Waals surface area contributed by atoms with Crippen molar-refractivity contribution in [3.8, 4) is 11.3 Å². The van der Waals surface area contributed by atoms with E-state index in [-0.39, 0.29) is 5.91 Å². The molecule has 0 radical (unpaired) electrons. The second kappa shape index (κ2) is 6.66. The van der Waals surface area contributed by atoms with E-state index in [4.69, 9.17) is 0 Å². The molecule has 0 spiro atoms. The second-order valence-electron chi connectivity index (χ2n) is 5.90. The summed E-state index contributed by atoms with van der Waals surface area (Å²) < 4.78 is 1.80. The van der Waals surface area contributed by atoms with Crippen molar-refractivity contribution in [2.24, 2.45) is 7.05 Å². The number of nitrogens with one attached hydrogen (secondary N) is 1. The Morgan fingerprint density at radius 3 is 2.67 bits per heavy atom. The van der Waals surface area contributed by atoms with Crippen molar-refractivity contribution >= 4 is 5.91 Å². The van der Waals surface area contributed by atoms with Gasteiger partial charge in [0.05, 0.1) is 5.69 Å². The first kappa shape index (κ1) is 15.9. The van der Waals surface area contributed by atoms with Gasteiger partial charge in [-0.3, -0.25) is 14.5 Å². The van der Waals surface area contributed by atoms with E-state index in [0.29, 0.717) is 12.1 Å². The normalized spacial score (nSPS) is 10.6. The van der Waals surface area contributed by atoms with Gasteiger partial charge in [-0.2, -0.15) is 5.10 Å². The molecule has 0 saturated carbocycles. The summed E-state index contributed by atoms with van der Waals surface area (Å²) >= 11 is 0. The van der Waals surface area contributed by atoms with Gasteiger partial charge in [0.2, 0.25) is 0 Å². The number of benzene rings is 1. The number of carbonyl (C=O) groups is 1. The van der Waals surface area contributed by atoms with E-state index < -0.39 is 0 Å². The number of carbonyl (C=O) groups excluding carboxylic acids is 1. The van der Waals surface area contributed by atoms with E-state index in [9.17, 15) is 4.79 Å². The summed E-state index contributed by atoms with van der Waals surface area (Å²) in [5, 5.41) is 7.12. The molecule has 0 saturated heterocycles. The topological polar surface area (TPSA) is 59.8 Å². The number of pyridine rings is 1. The van der Waals surface area contributed by atoms with Gasteiger partial charge < -0.3 is 5.32 Å². The van der Waals surface area contributed by atoms with Crippen molar-refractivity contribution in [3.63, 3.8) is 0 Å². The molecule has 0 aliphatic heterocycles. The summed E-state index contributed by atoms with van der Waals surface area (Å²) in [6, 6.07) is 9.69. The highest BCUT2D eigenvalue weighted by atomic mass is 16.1. The standard InChI is InChI=1S/C19H20N4O/c1-13-4-5-16(8-14(13)2)19(24)21-11-15-9-17(12-20-10-15)18-6-7-22-23(18)3/h4-10,12H,11H2,1-3H3,(H,21,24). The Hall–Kier alpha value is -2.95. The Balaban J connectivity index is 1.71. The summed E-state index contributed by atoms with van der Waals surface area (Å²) in [5.41, 5.74) is 5.89. The van der Waals surface area contributed by atoms with Crippen molar-refractivity contribution < 1.29 is 4.79 Å². The SMILES string of the molecule is Cc1ccc(C(=O)NCc2cncc(-c3ccnn3C)c2)cc1C. The van der Waals surface area contributed by atoms with Gasteiger partial charge in [0.25, 0.3) is 5.91 Å². The third-order valence-corrected chi connectivity index (χ3v) is 4.13. The largest absolute Gasteiger partial charge is 0.348 e. The summed E-state index contributed by atoms with van der Waals surface area (Å²) in [7, 11) is 1.89. The average molecular weight is 320 g/mol. The van der Waals surface area contributed by atoms with Gasteiger partial charge in [0, 0.05) is 43.3 Å². The minimum Gasteiger partial charge on any atom is -0.348 e. The molecule has 1 aromatic carbocycles. The van der Waals surface area contributed by atoms with Gasteiger partial charge in [-0.1, -0.05) is 6.07 Å². The lowest BCUT2D eigenvalue weighted by Gasteiger charge is -2.08. The first-order valence-electron chi connectivity index (χ1n) is 7.82. The lowest BCUT2D eigenvalue weighted by molar-refractivity contribution is 0.0951. The summed E-state index contributed by atoms with van der Waals surface area (Å²) in [6.45, 7) is 4.48. The van der Waals surface area contributed by atoms with Gasteiger partial charge in [-0.05, 0) is 54.8 Å². The van der Waals surface area contributed by atoms with E-state index in [1.165, 1.54) is 5.56 Å². The maximum absolute atomic E-state index is 12.3. The second-order valence-corrected chi connectivity index (χ2v) is 5.90. The molecular weight excluding hydrogens is 300 g/mol. The predicted octanol–water partition coefficient (Wildman–Crippen LogP) is 3.03. The molecule has 0 unspecified atom stereocenters. The first-order chi connectivity index (χ1) is 11.5. The van der Waals surface area contributed by atoms with E-state index in [1.807, 2.05) is 51.2 Å². The highest BCUT2D eigenvalue weighted by Crippen LogP contribution is 2.18. The fourth-order valence-corrected chi connectivity index (χ4v) is 2.55. The van der Waals surface area contributed by atoms with Gasteiger partial charge in [0.15, 0.2) is 0 Å². The molecule has 1 N–H and O–H groups in total. The number of nitrogens with zero attached hydrogens (tertiary/aromatic N) is 3. The van der Waals surface area contributed by atoms with Crippen LogP contribution in [-0.2, 0) is 13.6 Å². The summed E-state index contributed by atoms with van der Waals surface area (Å²) in [4.78, 5) is 16.6. The Morgan fingerprint density at radius 2 is 1.96 bits per heavy atom. The lowest BCUT2D eigenvalue weighted by atomic mass is 10.1. The molecule has 122 valence electrons. The van der Waals surface area contributed by atoms with Gasteiger partial charge >= 0.3 is 0 Å². The van der Waals surface area contributed by atoms with Crippen molar-refractivity contribution in [2.75, 3.05) is 0 Å². The van der Waals surface area contributed by atoms with Gasteiger partial charge in [0.1, 0.15) is 0 Å². The molecule has 5 nitrogen and oxygen atoms in total. The van der Waals surface area contributed by atoms with Crippen molar-refractivity contribution in [2.45, 2.75) is 20.4 Å². The van der Waals surface area contributed by atoms with Crippen LogP contribution in [0.25, 0.3) is 11.3 Å². The van der Waals surface area contributed by atoms with Gasteiger partial charge in [-0.15, -0.1) is 0 Å². The van der Waals surface area contributed by atoms with Crippen LogP contribution in [0.1, 0.15) is 27.0 Å². The molecule has 0 aliphatic rings. The molecule has 5 heteroatoms. The van der Waals surface area contributed by atoms with Crippen LogP contribution in [0.4, 0.5) is 0 Å². The average Bonchev–Trinajstić information content (AvgIpc) is 3.01. The number of aromatic nitrogens is 3. The monoisotopic (exact) mass is 320 g/mol. The summed E-state index contributed by atoms with van der Waals surface area (Å²) in [5.74, 6) is -0.0796. The Kier molecular flexibility index (Phi) is 4.42. The number of amides is 1. The lowest BCUT2D eigenvalue weighted by Crippen LogP contribution is -2.23. The highest BCUT2D eigenvalue weighted by Gasteiger charge is 2.08. The number of rotatable bonds is 4. The molecule has 0 fully saturated rings. The molecule has 0 aliphatic carbocycles. The van der Waals surface area contributed by atoms with E-state index in [1.54, 1.807) is 23.3 Å². The summed E-state index contributed by atoms with van der Waals surface area (Å²) in [6.07, 6.45) is 5.32. The van der Waals surface area contributed by atoms with Crippen LogP contribution in [0.2, 0.25) is 0 Å². The van der Waals surface area contributed by atoms with Crippen molar-refractivity contribution in [1.82, 2.24) is 20.1 Å². The fourth-order valence-electron chi connectivity index (χ4n) is 2.55. The van der Waals surface area contributed by atoms with Crippen molar-refractivity contribution in [3.05, 3.63) is 71.2 Å². The minimum atomic E-state index is -0.0796. The number of hydrogen-bond donors (Lipinski definition) is 1. The molecule has 0 atom stereocenters. The molecule has 2 aromatic heterocycles. The minimum absolute atomic E-state index is 0.0796. The van der Waals surface area contributed by atoms with Crippen LogP contribution in [-0.4, -0.2) is 20.7 Å². The molecular formula is C19H20N4O. The van der Waals surface area contributed by atoms with E-state index in [2.05, 4.69) is 15.4 Å². The zero-order valence-electron chi connectivity index (χ0n) is 14.1. The Labute approximate surface area is 141 Å². The molecule has 3 aromatic rings. The van der Waals surface area contributed by atoms with Crippen LogP contribution in [0, 0.1) is 13.8 Å². The number of aryl methyl sites for hydroxylation is 3. The quantitative estimate of drug-likeness (QED) is 0.804. The van der Waals surface area contributed by atoms with Crippen LogP contribution in [0.15, 0.2) is 48.9 Å². The third kappa shape index (κ3) is 3.35. The molecule has 1 amide bonds. The molecule has 0 bridgehead atoms. The van der Waals surface area contributed by atoms with Crippen molar-refractivity contribution in [1.29, 1.82) is 0 Å². The van der Waals surface area contributed by atoms with Crippen LogP contribution in [0.3, 0.4) is 0 Å². The maximum atomic E-state index is 12.3. The predicted molar refractivity (Wildman–Crippen MR) is 93.5 cm³/mol. The Morgan fingerprint density at radius 1 is 1.12 bits per heavy atom. The smallest absolute Gasteiger partial charge is 0.251 e. The zero-order valence-corrected chi connectivity index (χ0v) is 14.1. The maximum Gasteiger partial charge on any atom is 0.251 e. The highest BCUT2D eigenvalue weighted by molar-refractivity contribution is 5.94. The first-order valence-corrected chi connectivity index (χ1v) is 7.82. The van der Waals surface area contributed by atoms with E-state index in [0.717, 1.165) is 22.4 Å². The van der Waals surface area contributed by atoms with E-state index >= 15 is 0 Å². The van der Waals surface area contributed by atoms with Gasteiger partial charge in [-0.25, -0.2) is 0 Å². The van der Waals surface area contributed by atoms with Crippen LogP contribution < -0.4 is 5.32 Å². The Bertz CT molecular complexity index is 883. The van der Waals surface area contributed by atoms with Crippen LogP contribution in [0.5, 0.6) is 0 Å². The number of hydrogen-bond acceptors (Lipinski definition) is 3. The fraction of sp³-hybridized carbons (Fsp3) is 0.211. The third-order valence-electron chi connectivity index (χ3n) is 4.13. The molecule has 2 heterocycles. The molecule has 24 heavy (non-hydrogen) atoms. The molecule has 3 rings (SSSR count). The zero-order chi connectivity index (χ0) is 17.1.